The first-order valence-electron chi connectivity index (χ1n) is 7.21. The molecule has 0 bridgehead atoms. The van der Waals surface area contributed by atoms with Crippen LogP contribution < -0.4 is 5.32 Å². The Labute approximate surface area is 132 Å². The second-order valence-corrected chi connectivity index (χ2v) is 5.30. The van der Waals surface area contributed by atoms with Gasteiger partial charge in [-0.3, -0.25) is 0 Å². The number of phenolic OH excluding ortho intramolecular Hbond substituents is 1. The molecule has 1 unspecified atom stereocenters. The first-order chi connectivity index (χ1) is 11.1. The molecular formula is C17H16FN3O2. The van der Waals surface area contributed by atoms with Crippen molar-refractivity contribution in [2.75, 3.05) is 11.9 Å². The summed E-state index contributed by atoms with van der Waals surface area (Å²) >= 11 is 0. The first kappa shape index (κ1) is 15.2. The van der Waals surface area contributed by atoms with Crippen molar-refractivity contribution in [1.29, 1.82) is 0 Å². The maximum atomic E-state index is 13.6. The minimum absolute atomic E-state index is 0.0649. The van der Waals surface area contributed by atoms with E-state index in [2.05, 4.69) is 15.3 Å². The molecule has 1 aromatic heterocycles. The third kappa shape index (κ3) is 3.07. The highest BCUT2D eigenvalue weighted by Gasteiger charge is 2.14. The maximum absolute atomic E-state index is 13.6. The Balaban J connectivity index is 2.21. The fourth-order valence-electron chi connectivity index (χ4n) is 2.27. The summed E-state index contributed by atoms with van der Waals surface area (Å²) in [5, 5.41) is 22.8. The summed E-state index contributed by atoms with van der Waals surface area (Å²) in [6, 6.07) is 10.7. The van der Waals surface area contributed by atoms with Gasteiger partial charge in [0.15, 0.2) is 5.82 Å². The van der Waals surface area contributed by atoms with Gasteiger partial charge < -0.3 is 15.5 Å². The Hall–Kier alpha value is -2.73. The van der Waals surface area contributed by atoms with E-state index in [9.17, 15) is 14.6 Å². The lowest BCUT2D eigenvalue weighted by Gasteiger charge is -2.15. The smallest absolute Gasteiger partial charge is 0.165 e. The van der Waals surface area contributed by atoms with Crippen LogP contribution in [0.2, 0.25) is 0 Å². The minimum Gasteiger partial charge on any atom is -0.507 e. The van der Waals surface area contributed by atoms with Crippen molar-refractivity contribution in [2.24, 2.45) is 0 Å². The van der Waals surface area contributed by atoms with Crippen LogP contribution in [0.5, 0.6) is 5.75 Å². The highest BCUT2D eigenvalue weighted by Crippen LogP contribution is 2.30. The number of para-hydroxylation sites is 1. The molecular weight excluding hydrogens is 297 g/mol. The summed E-state index contributed by atoms with van der Waals surface area (Å²) in [7, 11) is 0. The number of anilines is 1. The fraction of sp³-hybridized carbons (Fsp3) is 0.176. The van der Waals surface area contributed by atoms with E-state index >= 15 is 0 Å². The van der Waals surface area contributed by atoms with E-state index in [1.54, 1.807) is 37.3 Å². The maximum Gasteiger partial charge on any atom is 0.165 e. The van der Waals surface area contributed by atoms with Gasteiger partial charge in [-0.05, 0) is 37.3 Å². The van der Waals surface area contributed by atoms with Crippen LogP contribution in [0, 0.1) is 5.82 Å². The molecule has 0 saturated heterocycles. The number of nitrogens with one attached hydrogen (secondary N) is 1. The lowest BCUT2D eigenvalue weighted by molar-refractivity contribution is 0.281. The molecule has 0 aliphatic heterocycles. The largest absolute Gasteiger partial charge is 0.507 e. The molecule has 0 amide bonds. The average molecular weight is 313 g/mol. The van der Waals surface area contributed by atoms with Crippen LogP contribution in [0.15, 0.2) is 42.5 Å². The SMILES string of the molecule is CC(CO)Nc1nc(-c2ccccc2O)nc2ccc(F)cc12. The van der Waals surface area contributed by atoms with Crippen LogP contribution in [0.1, 0.15) is 6.92 Å². The van der Waals surface area contributed by atoms with Crippen LogP contribution in [0.25, 0.3) is 22.3 Å². The number of hydrogen-bond acceptors (Lipinski definition) is 5. The molecule has 6 heteroatoms. The van der Waals surface area contributed by atoms with Crippen molar-refractivity contribution in [3.63, 3.8) is 0 Å². The van der Waals surface area contributed by atoms with Crippen molar-refractivity contribution in [1.82, 2.24) is 9.97 Å². The molecule has 1 heterocycles. The molecule has 3 N–H and O–H groups in total. The van der Waals surface area contributed by atoms with Gasteiger partial charge in [-0.15, -0.1) is 0 Å². The van der Waals surface area contributed by atoms with Gasteiger partial charge in [0, 0.05) is 11.4 Å². The normalized spacial score (nSPS) is 12.3. The van der Waals surface area contributed by atoms with Crippen LogP contribution in [0.4, 0.5) is 10.2 Å². The number of aliphatic hydroxyl groups is 1. The first-order valence-corrected chi connectivity index (χ1v) is 7.21. The number of benzene rings is 2. The van der Waals surface area contributed by atoms with Gasteiger partial charge in [0.25, 0.3) is 0 Å². The number of halogens is 1. The number of rotatable bonds is 4. The second kappa shape index (κ2) is 6.18. The molecule has 0 fully saturated rings. The molecule has 3 rings (SSSR count). The van der Waals surface area contributed by atoms with E-state index in [4.69, 9.17) is 0 Å². The van der Waals surface area contributed by atoms with Crippen LogP contribution in [0.3, 0.4) is 0 Å². The van der Waals surface area contributed by atoms with E-state index < -0.39 is 5.82 Å². The highest BCUT2D eigenvalue weighted by molar-refractivity contribution is 5.91. The summed E-state index contributed by atoms with van der Waals surface area (Å²) in [4.78, 5) is 8.80. The zero-order valence-corrected chi connectivity index (χ0v) is 12.5. The third-order valence-corrected chi connectivity index (χ3v) is 3.46. The Bertz CT molecular complexity index is 854. The van der Waals surface area contributed by atoms with Gasteiger partial charge in [0.05, 0.1) is 17.7 Å². The second-order valence-electron chi connectivity index (χ2n) is 5.30. The monoisotopic (exact) mass is 313 g/mol. The summed E-state index contributed by atoms with van der Waals surface area (Å²) in [6.45, 7) is 1.69. The van der Waals surface area contributed by atoms with Crippen molar-refractivity contribution < 1.29 is 14.6 Å². The van der Waals surface area contributed by atoms with Crippen molar-refractivity contribution in [2.45, 2.75) is 13.0 Å². The number of fused-ring (bicyclic) bond motifs is 1. The average Bonchev–Trinajstić information content (AvgIpc) is 2.55. The van der Waals surface area contributed by atoms with E-state index in [1.165, 1.54) is 12.1 Å². The number of aliphatic hydroxyl groups excluding tert-OH is 1. The predicted molar refractivity (Wildman–Crippen MR) is 86.8 cm³/mol. The zero-order valence-electron chi connectivity index (χ0n) is 12.5. The molecule has 23 heavy (non-hydrogen) atoms. The Morgan fingerprint density at radius 3 is 2.70 bits per heavy atom. The lowest BCUT2D eigenvalue weighted by atomic mass is 10.1. The van der Waals surface area contributed by atoms with E-state index in [-0.39, 0.29) is 18.4 Å². The van der Waals surface area contributed by atoms with Gasteiger partial charge in [0.1, 0.15) is 17.4 Å². The van der Waals surface area contributed by atoms with Gasteiger partial charge in [-0.25, -0.2) is 14.4 Å². The zero-order chi connectivity index (χ0) is 16.4. The van der Waals surface area contributed by atoms with Crippen molar-refractivity contribution in [3.05, 3.63) is 48.3 Å². The van der Waals surface area contributed by atoms with Crippen LogP contribution in [-0.4, -0.2) is 32.8 Å². The minimum atomic E-state index is -0.392. The summed E-state index contributed by atoms with van der Waals surface area (Å²) in [5.41, 5.74) is 1.03. The molecule has 0 spiro atoms. The van der Waals surface area contributed by atoms with Crippen LogP contribution >= 0.6 is 0 Å². The molecule has 3 aromatic rings. The van der Waals surface area contributed by atoms with Gasteiger partial charge in [-0.2, -0.15) is 0 Å². The van der Waals surface area contributed by atoms with Gasteiger partial charge in [0.2, 0.25) is 0 Å². The number of nitrogens with zero attached hydrogens (tertiary/aromatic N) is 2. The fourth-order valence-corrected chi connectivity index (χ4v) is 2.27. The van der Waals surface area contributed by atoms with E-state index in [1.807, 2.05) is 0 Å². The Kier molecular flexibility index (Phi) is 4.08. The van der Waals surface area contributed by atoms with Crippen molar-refractivity contribution >= 4 is 16.7 Å². The van der Waals surface area contributed by atoms with E-state index in [0.29, 0.717) is 28.1 Å². The number of hydrogen-bond donors (Lipinski definition) is 3. The third-order valence-electron chi connectivity index (χ3n) is 3.46. The molecule has 5 nitrogen and oxygen atoms in total. The summed E-state index contributed by atoms with van der Waals surface area (Å²) < 4.78 is 13.6. The molecule has 0 saturated carbocycles. The van der Waals surface area contributed by atoms with Crippen LogP contribution in [-0.2, 0) is 0 Å². The molecule has 0 aliphatic carbocycles. The standard InChI is InChI=1S/C17H16FN3O2/c1-10(9-22)19-17-13-8-11(18)6-7-14(13)20-16(21-17)12-4-2-3-5-15(12)23/h2-8,10,22-23H,9H2,1H3,(H,19,20,21). The summed E-state index contributed by atoms with van der Waals surface area (Å²) in [5.74, 6) is 0.412. The Morgan fingerprint density at radius 1 is 1.17 bits per heavy atom. The highest BCUT2D eigenvalue weighted by atomic mass is 19.1. The summed E-state index contributed by atoms with van der Waals surface area (Å²) in [6.07, 6.45) is 0. The van der Waals surface area contributed by atoms with E-state index in [0.717, 1.165) is 0 Å². The quantitative estimate of drug-likeness (QED) is 0.690. The molecule has 0 radical (unpaired) electrons. The number of phenols is 1. The number of aromatic hydroxyl groups is 1. The van der Waals surface area contributed by atoms with Crippen molar-refractivity contribution in [3.8, 4) is 17.1 Å². The molecule has 2 aromatic carbocycles. The topological polar surface area (TPSA) is 78.3 Å². The molecule has 0 aliphatic rings. The predicted octanol–water partition coefficient (Wildman–Crippen LogP) is 2.93. The van der Waals surface area contributed by atoms with Gasteiger partial charge in [-0.1, -0.05) is 12.1 Å². The van der Waals surface area contributed by atoms with Gasteiger partial charge >= 0.3 is 0 Å². The number of aromatic nitrogens is 2. The molecule has 1 atom stereocenters. The molecule has 118 valence electrons. The lowest BCUT2D eigenvalue weighted by Crippen LogP contribution is -2.20. The Morgan fingerprint density at radius 2 is 1.96 bits per heavy atom.